The van der Waals surface area contributed by atoms with Gasteiger partial charge in [0.25, 0.3) is 40.5 Å². The first-order valence-electron chi connectivity index (χ1n) is 40.3. The van der Waals surface area contributed by atoms with Crippen LogP contribution in [0.25, 0.3) is 12.2 Å². The highest BCUT2D eigenvalue weighted by Gasteiger charge is 2.23. The summed E-state index contributed by atoms with van der Waals surface area (Å²) in [7, 11) is -13.9. The minimum absolute atomic E-state index is 0.0270. The van der Waals surface area contributed by atoms with Crippen LogP contribution in [-0.4, -0.2) is 189 Å². The molecule has 0 bridgehead atoms. The summed E-state index contributed by atoms with van der Waals surface area (Å²) in [5, 5.41) is 61.7. The lowest BCUT2D eigenvalue weighted by Gasteiger charge is -2.13. The minimum Gasteiger partial charge on any atom is -0.396 e. The second-order valence-electron chi connectivity index (χ2n) is 28.7. The second kappa shape index (κ2) is 48.8. The van der Waals surface area contributed by atoms with Crippen LogP contribution >= 0.6 is 0 Å². The molecule has 36 nitrogen and oxygen atoms in total. The molecule has 676 valence electrons. The number of para-hydroxylation sites is 2. The number of aromatic nitrogens is 12. The number of hydrogen-bond donors (Lipinski definition) is 14. The van der Waals surface area contributed by atoms with Crippen LogP contribution in [0.3, 0.4) is 0 Å². The molecule has 12 rings (SSSR count). The summed E-state index contributed by atoms with van der Waals surface area (Å²) in [5.74, 6) is 3.68. The fourth-order valence-electron chi connectivity index (χ4n) is 11.9. The highest BCUT2D eigenvalue weighted by molar-refractivity contribution is 7.87. The first kappa shape index (κ1) is 98.9. The maximum Gasteiger partial charge on any atom is 0.297 e. The zero-order chi connectivity index (χ0) is 92.2. The molecule has 0 saturated carbocycles. The maximum atomic E-state index is 12.4. The van der Waals surface area contributed by atoms with Gasteiger partial charge in [0.05, 0.1) is 26.4 Å². The number of aliphatic hydroxyl groups excluding tert-OH is 4. The molecular formula is C88H104N20O16S4. The Hall–Kier alpha value is -12.8. The van der Waals surface area contributed by atoms with Gasteiger partial charge in [0.15, 0.2) is 0 Å². The fourth-order valence-corrected chi connectivity index (χ4v) is 15.1. The Balaban J connectivity index is 0.000000193. The van der Waals surface area contributed by atoms with E-state index >= 15 is 0 Å². The first-order valence-corrected chi connectivity index (χ1v) is 46.3. The zero-order valence-electron chi connectivity index (χ0n) is 71.6. The van der Waals surface area contributed by atoms with Crippen molar-refractivity contribution in [1.82, 2.24) is 59.8 Å². The largest absolute Gasteiger partial charge is 0.396 e. The molecule has 8 aromatic carbocycles. The van der Waals surface area contributed by atoms with Gasteiger partial charge in [-0.25, -0.2) is 0 Å². The standard InChI is InChI=1S/2C23H27N5O4S.2C21H25N5O4S/c1-4-8-18-11-12-19(14-20(18)33(30,31)32-3)25-23-27-21(13-17-9-6-5-7-10-17)26-22(28-23)24-15-16(2)29;1-3-8-18-11-12-19(16-20(18)33(30,31)32-2)25-23-27-21(15-17-9-5-4-6-10-17)26-22(28-23)24-13-7-14-29;1-14-8-9-16(10-17(14)13-31(28,29)30)11-19-24-20(22-12-15(2)27)26-21(25-19)23-18-6-4-3-5-7-18;1-15-8-9-16(12-17(15)14-31(28,29)30)13-19-24-20(22-10-5-11-27)26-21(25-19)23-18-6-3-2-4-7-18/h4-12,14,16,29H,13,15H2,1-3H3,(H2,24,25,26,27,28);3-6,8-12,16,29H,7,13-15H2,1-2H3,(H2,24,25,26,27,28);3-10,15,27H,11-13H2,1-2H3,(H,28,29,30)(H2,22,23,24,25,26);2-4,6-9,12,27H,5,10-11,13-14H2,1H3,(H,28,29,30)(H2,22,23,24,25,26)/b8-4+;8-3+;;. The molecule has 0 saturated heterocycles. The number of nitrogens with zero attached hydrogens (tertiary/aromatic N) is 12. The molecule has 4 aromatic heterocycles. The minimum atomic E-state index is -4.14. The van der Waals surface area contributed by atoms with Crippen LogP contribution in [0.15, 0.2) is 216 Å². The normalized spacial score (nSPS) is 12.0. The highest BCUT2D eigenvalue weighted by atomic mass is 32.2. The summed E-state index contributed by atoms with van der Waals surface area (Å²) in [6.45, 7) is 12.1. The number of hydrogen-bond acceptors (Lipinski definition) is 34. The third-order valence-electron chi connectivity index (χ3n) is 18.0. The lowest BCUT2D eigenvalue weighted by molar-refractivity contribution is 0.207. The molecule has 0 radical (unpaired) electrons. The summed E-state index contributed by atoms with van der Waals surface area (Å²) in [5.41, 5.74) is 9.86. The van der Waals surface area contributed by atoms with E-state index in [-0.39, 0.29) is 48.0 Å². The third kappa shape index (κ3) is 33.8. The number of allylic oxidation sites excluding steroid dienone is 2. The van der Waals surface area contributed by atoms with Gasteiger partial charge in [0.2, 0.25) is 47.6 Å². The molecule has 0 aliphatic heterocycles. The van der Waals surface area contributed by atoms with Gasteiger partial charge < -0.3 is 63.0 Å². The molecule has 128 heavy (non-hydrogen) atoms. The Bertz CT molecular complexity index is 6170. The van der Waals surface area contributed by atoms with E-state index in [9.17, 15) is 53.0 Å². The van der Waals surface area contributed by atoms with Crippen molar-refractivity contribution in [2.75, 3.05) is 96.1 Å². The number of nitrogens with one attached hydrogen (secondary N) is 8. The quantitative estimate of drug-likeness (QED) is 0.00963. The van der Waals surface area contributed by atoms with Gasteiger partial charge in [0, 0.05) is 87.8 Å². The van der Waals surface area contributed by atoms with E-state index in [4.69, 9.17) is 18.6 Å². The van der Waals surface area contributed by atoms with Crippen molar-refractivity contribution in [3.05, 3.63) is 285 Å². The van der Waals surface area contributed by atoms with E-state index in [2.05, 4.69) is 102 Å². The lowest BCUT2D eigenvalue weighted by atomic mass is 10.0. The van der Waals surface area contributed by atoms with Gasteiger partial charge in [-0.15, -0.1) is 0 Å². The molecule has 0 aliphatic carbocycles. The Morgan fingerprint density at radius 2 is 0.656 bits per heavy atom. The van der Waals surface area contributed by atoms with E-state index in [0.29, 0.717) is 144 Å². The van der Waals surface area contributed by atoms with Crippen molar-refractivity contribution in [3.8, 4) is 0 Å². The van der Waals surface area contributed by atoms with Crippen molar-refractivity contribution in [2.45, 2.75) is 114 Å². The number of benzene rings is 8. The van der Waals surface area contributed by atoms with Crippen molar-refractivity contribution in [3.63, 3.8) is 0 Å². The van der Waals surface area contributed by atoms with Gasteiger partial charge in [0.1, 0.15) is 44.6 Å². The SMILES string of the molecule is C/C=C/c1ccc(Nc2nc(Cc3ccccc3)nc(NCC(C)O)n2)cc1S(=O)(=O)OC.C/C=C/c1ccc(Nc2nc(Cc3ccccc3)nc(NCCCO)n2)cc1S(=O)(=O)OC.Cc1ccc(Cc2nc(NCC(C)O)nc(Nc3ccccc3)n2)cc1CS(=O)(=O)O.Cc1ccc(Cc2nc(NCCCO)nc(Nc3ccccc3)n2)cc1CS(=O)(=O)O. The van der Waals surface area contributed by atoms with Gasteiger partial charge in [-0.05, 0) is 159 Å². The summed E-state index contributed by atoms with van der Waals surface area (Å²) in [6.07, 6.45) is 8.47. The summed E-state index contributed by atoms with van der Waals surface area (Å²) in [4.78, 5) is 53.3. The highest BCUT2D eigenvalue weighted by Crippen LogP contribution is 2.30. The molecule has 40 heteroatoms. The Morgan fingerprint density at radius 1 is 0.359 bits per heavy atom. The second-order valence-corrected chi connectivity index (χ2v) is 35.0. The Kier molecular flexibility index (Phi) is 37.7. The van der Waals surface area contributed by atoms with Gasteiger partial charge in [-0.2, -0.15) is 93.5 Å². The molecule has 14 N–H and O–H groups in total. The molecule has 2 atom stereocenters. The lowest BCUT2D eigenvalue weighted by Crippen LogP contribution is -2.18. The van der Waals surface area contributed by atoms with Crippen molar-refractivity contribution >= 4 is 123 Å². The molecule has 0 fully saturated rings. The first-order chi connectivity index (χ1) is 61.2. The van der Waals surface area contributed by atoms with Crippen LogP contribution in [0, 0.1) is 13.8 Å². The zero-order valence-corrected chi connectivity index (χ0v) is 74.9. The van der Waals surface area contributed by atoms with Crippen molar-refractivity contribution < 1.29 is 71.6 Å². The van der Waals surface area contributed by atoms with Crippen molar-refractivity contribution in [1.29, 1.82) is 0 Å². The van der Waals surface area contributed by atoms with Crippen LogP contribution in [0.5, 0.6) is 0 Å². The van der Waals surface area contributed by atoms with Crippen LogP contribution in [0.1, 0.15) is 119 Å². The number of anilines is 12. The van der Waals surface area contributed by atoms with E-state index in [1.165, 1.54) is 12.1 Å². The van der Waals surface area contributed by atoms with Crippen LogP contribution in [0.2, 0.25) is 0 Å². The Morgan fingerprint density at radius 3 is 0.953 bits per heavy atom. The van der Waals surface area contributed by atoms with E-state index in [0.717, 1.165) is 59.0 Å². The van der Waals surface area contributed by atoms with E-state index < -0.39 is 64.2 Å². The molecule has 0 aliphatic rings. The van der Waals surface area contributed by atoms with Gasteiger partial charge in [-0.1, -0.05) is 170 Å². The van der Waals surface area contributed by atoms with Crippen molar-refractivity contribution in [2.24, 2.45) is 0 Å². The predicted octanol–water partition coefficient (Wildman–Crippen LogP) is 12.1. The molecule has 0 amide bonds. The van der Waals surface area contributed by atoms with Crippen LogP contribution in [-0.2, 0) is 86.0 Å². The van der Waals surface area contributed by atoms with Crippen LogP contribution < -0.4 is 42.5 Å². The monoisotopic (exact) mass is 1820 g/mol. The number of aryl methyl sites for hydroxylation is 2. The summed E-state index contributed by atoms with van der Waals surface area (Å²) < 4.78 is 123. The molecule has 0 spiro atoms. The number of rotatable bonds is 40. The topological polar surface area (TPSA) is 527 Å². The summed E-state index contributed by atoms with van der Waals surface area (Å²) in [6, 6.07) is 59.1. The molecule has 4 heterocycles. The molecule has 12 aromatic rings. The number of aliphatic hydroxyl groups is 4. The average molecular weight is 1830 g/mol. The van der Waals surface area contributed by atoms with Crippen LogP contribution in [0.4, 0.5) is 70.3 Å². The molecular weight excluding hydrogens is 1720 g/mol. The van der Waals surface area contributed by atoms with E-state index in [1.54, 1.807) is 114 Å². The summed E-state index contributed by atoms with van der Waals surface area (Å²) >= 11 is 0. The van der Waals surface area contributed by atoms with Gasteiger partial charge >= 0.3 is 0 Å². The Labute approximate surface area is 744 Å². The average Bonchev–Trinajstić information content (AvgIpc) is 0.807. The van der Waals surface area contributed by atoms with E-state index in [1.807, 2.05) is 133 Å². The predicted molar refractivity (Wildman–Crippen MR) is 494 cm³/mol. The molecule has 2 unspecified atom stereocenters. The maximum absolute atomic E-state index is 12.4. The van der Waals surface area contributed by atoms with Gasteiger partial charge in [-0.3, -0.25) is 17.5 Å². The fraction of sp³-hybridized carbons (Fsp3) is 0.273. The smallest absolute Gasteiger partial charge is 0.297 e. The third-order valence-corrected chi connectivity index (χ3v) is 22.0.